The molecule has 3 aromatic rings. The lowest BCUT2D eigenvalue weighted by Gasteiger charge is -2.09. The van der Waals surface area contributed by atoms with Crippen LogP contribution < -0.4 is 10.5 Å². The van der Waals surface area contributed by atoms with Gasteiger partial charge in [0, 0.05) is 21.7 Å². The Balaban J connectivity index is 0.000000249. The number of benzene rings is 2. The molecule has 1 heterocycles. The summed E-state index contributed by atoms with van der Waals surface area (Å²) in [6, 6.07) is 15.4. The number of aryl methyl sites for hydroxylation is 2. The highest BCUT2D eigenvalue weighted by Crippen LogP contribution is 2.33. The number of halogens is 1. The number of nitrogens with zero attached hydrogens (tertiary/aromatic N) is 1. The standard InChI is InChI=1S/C13H11ClN2O.C6H8S/c14-13-11-3-1-9(8-16)7-10(11)2-4-12(13)17-6-5-15;1-5-3-4-6(2)7-5/h1-4,7H,5-6,15H2;3-4H,1-2H3. The van der Waals surface area contributed by atoms with Crippen LogP contribution >= 0.6 is 22.9 Å². The van der Waals surface area contributed by atoms with Crippen LogP contribution in [0.4, 0.5) is 0 Å². The topological polar surface area (TPSA) is 59.0 Å². The molecule has 0 aliphatic carbocycles. The lowest BCUT2D eigenvalue weighted by Crippen LogP contribution is -2.10. The molecule has 0 bridgehead atoms. The molecule has 0 fully saturated rings. The number of rotatable bonds is 3. The first-order valence-electron chi connectivity index (χ1n) is 7.53. The molecule has 2 aromatic carbocycles. The maximum absolute atomic E-state index is 8.82. The Morgan fingerprint density at radius 3 is 2.38 bits per heavy atom. The van der Waals surface area contributed by atoms with E-state index in [0.717, 1.165) is 10.8 Å². The van der Waals surface area contributed by atoms with Crippen molar-refractivity contribution in [2.45, 2.75) is 13.8 Å². The molecule has 0 atom stereocenters. The fraction of sp³-hybridized carbons (Fsp3) is 0.211. The van der Waals surface area contributed by atoms with Crippen molar-refractivity contribution in [1.29, 1.82) is 5.26 Å². The van der Waals surface area contributed by atoms with Gasteiger partial charge in [-0.1, -0.05) is 23.7 Å². The maximum Gasteiger partial charge on any atom is 0.138 e. The van der Waals surface area contributed by atoms with Crippen molar-refractivity contribution < 1.29 is 4.74 Å². The summed E-state index contributed by atoms with van der Waals surface area (Å²) in [6.45, 7) is 5.12. The van der Waals surface area contributed by atoms with Crippen LogP contribution in [0.15, 0.2) is 42.5 Å². The number of nitriles is 1. The van der Waals surface area contributed by atoms with E-state index in [9.17, 15) is 0 Å². The molecule has 0 saturated heterocycles. The number of ether oxygens (including phenoxy) is 1. The highest BCUT2D eigenvalue weighted by molar-refractivity contribution is 7.11. The Labute approximate surface area is 151 Å². The summed E-state index contributed by atoms with van der Waals surface area (Å²) >= 11 is 8.07. The van der Waals surface area contributed by atoms with E-state index < -0.39 is 0 Å². The van der Waals surface area contributed by atoms with E-state index in [1.165, 1.54) is 9.75 Å². The minimum atomic E-state index is 0.432. The van der Waals surface area contributed by atoms with Crippen LogP contribution in [0.3, 0.4) is 0 Å². The second kappa shape index (κ2) is 8.70. The fourth-order valence-electron chi connectivity index (χ4n) is 2.18. The monoisotopic (exact) mass is 358 g/mol. The molecular weight excluding hydrogens is 340 g/mol. The molecule has 24 heavy (non-hydrogen) atoms. The van der Waals surface area contributed by atoms with Gasteiger partial charge >= 0.3 is 0 Å². The van der Waals surface area contributed by atoms with Crippen molar-refractivity contribution in [1.82, 2.24) is 0 Å². The maximum atomic E-state index is 8.82. The lowest BCUT2D eigenvalue weighted by atomic mass is 10.1. The van der Waals surface area contributed by atoms with Crippen LogP contribution in [0.5, 0.6) is 5.75 Å². The van der Waals surface area contributed by atoms with Crippen LogP contribution in [-0.4, -0.2) is 13.2 Å². The molecule has 0 radical (unpaired) electrons. The zero-order valence-corrected chi connectivity index (χ0v) is 15.2. The van der Waals surface area contributed by atoms with Crippen molar-refractivity contribution in [2.24, 2.45) is 5.73 Å². The van der Waals surface area contributed by atoms with Crippen molar-refractivity contribution in [3.05, 3.63) is 62.8 Å². The summed E-state index contributed by atoms with van der Waals surface area (Å²) in [4.78, 5) is 2.80. The first-order valence-corrected chi connectivity index (χ1v) is 8.73. The SMILES string of the molecule is Cc1ccc(C)s1.N#Cc1ccc2c(Cl)c(OCCN)ccc2c1. The van der Waals surface area contributed by atoms with Crippen molar-refractivity contribution >= 4 is 33.7 Å². The van der Waals surface area contributed by atoms with Gasteiger partial charge < -0.3 is 10.5 Å². The predicted molar refractivity (Wildman–Crippen MR) is 102 cm³/mol. The average molecular weight is 359 g/mol. The van der Waals surface area contributed by atoms with Crippen LogP contribution in [-0.2, 0) is 0 Å². The first-order chi connectivity index (χ1) is 11.5. The molecule has 3 nitrogen and oxygen atoms in total. The minimum absolute atomic E-state index is 0.432. The smallest absolute Gasteiger partial charge is 0.138 e. The molecule has 0 amide bonds. The molecule has 2 N–H and O–H groups in total. The van der Waals surface area contributed by atoms with Crippen molar-refractivity contribution in [3.63, 3.8) is 0 Å². The zero-order valence-electron chi connectivity index (χ0n) is 13.7. The normalized spacial score (nSPS) is 9.96. The van der Waals surface area contributed by atoms with Gasteiger partial charge in [0.2, 0.25) is 0 Å². The number of thiophene rings is 1. The third-order valence-corrected chi connectivity index (χ3v) is 4.60. The summed E-state index contributed by atoms with van der Waals surface area (Å²) < 4.78 is 5.43. The quantitative estimate of drug-likeness (QED) is 0.711. The largest absolute Gasteiger partial charge is 0.491 e. The Morgan fingerprint density at radius 2 is 1.83 bits per heavy atom. The second-order valence-electron chi connectivity index (χ2n) is 5.22. The molecule has 0 aliphatic heterocycles. The van der Waals surface area contributed by atoms with Crippen LogP contribution in [0, 0.1) is 25.2 Å². The zero-order chi connectivity index (χ0) is 17.5. The third-order valence-electron chi connectivity index (χ3n) is 3.30. The van der Waals surface area contributed by atoms with E-state index >= 15 is 0 Å². The van der Waals surface area contributed by atoms with Crippen LogP contribution in [0.1, 0.15) is 15.3 Å². The number of hydrogen-bond acceptors (Lipinski definition) is 4. The van der Waals surface area contributed by atoms with Crippen LogP contribution in [0.25, 0.3) is 10.8 Å². The van der Waals surface area contributed by atoms with E-state index in [1.54, 1.807) is 18.2 Å². The molecule has 3 rings (SSSR count). The minimum Gasteiger partial charge on any atom is -0.491 e. The van der Waals surface area contributed by atoms with Gasteiger partial charge in [-0.15, -0.1) is 11.3 Å². The number of fused-ring (bicyclic) bond motifs is 1. The molecule has 0 unspecified atom stereocenters. The fourth-order valence-corrected chi connectivity index (χ4v) is 3.25. The van der Waals surface area contributed by atoms with E-state index in [0.29, 0.717) is 29.5 Å². The highest BCUT2D eigenvalue weighted by atomic mass is 35.5. The van der Waals surface area contributed by atoms with Gasteiger partial charge in [-0.05, 0) is 49.6 Å². The highest BCUT2D eigenvalue weighted by Gasteiger charge is 2.07. The van der Waals surface area contributed by atoms with Crippen molar-refractivity contribution in [2.75, 3.05) is 13.2 Å². The molecule has 0 spiro atoms. The Morgan fingerprint density at radius 1 is 1.12 bits per heavy atom. The van der Waals surface area contributed by atoms with Gasteiger partial charge in [0.15, 0.2) is 0 Å². The summed E-state index contributed by atoms with van der Waals surface area (Å²) in [5, 5.41) is 11.2. The molecule has 0 saturated carbocycles. The van der Waals surface area contributed by atoms with Gasteiger partial charge in [-0.25, -0.2) is 0 Å². The molecule has 5 heteroatoms. The number of nitrogens with two attached hydrogens (primary N) is 1. The van der Waals surface area contributed by atoms with Gasteiger partial charge in [0.25, 0.3) is 0 Å². The van der Waals surface area contributed by atoms with E-state index in [1.807, 2.05) is 23.5 Å². The van der Waals surface area contributed by atoms with E-state index in [-0.39, 0.29) is 0 Å². The third kappa shape index (κ3) is 4.72. The summed E-state index contributed by atoms with van der Waals surface area (Å²) in [5.74, 6) is 0.620. The summed E-state index contributed by atoms with van der Waals surface area (Å²) in [6.07, 6.45) is 0. The predicted octanol–water partition coefficient (Wildman–Crippen LogP) is 5.07. The number of hydrogen-bond donors (Lipinski definition) is 1. The molecule has 124 valence electrons. The molecule has 0 aliphatic rings. The Kier molecular flexibility index (Phi) is 6.62. The Hall–Kier alpha value is -2.06. The summed E-state index contributed by atoms with van der Waals surface area (Å²) in [5.41, 5.74) is 5.99. The van der Waals surface area contributed by atoms with E-state index in [2.05, 4.69) is 32.0 Å². The van der Waals surface area contributed by atoms with Gasteiger partial charge in [0.05, 0.1) is 16.7 Å². The van der Waals surface area contributed by atoms with Gasteiger partial charge in [-0.3, -0.25) is 0 Å². The molecule has 1 aromatic heterocycles. The average Bonchev–Trinajstić information content (AvgIpc) is 2.97. The lowest BCUT2D eigenvalue weighted by molar-refractivity contribution is 0.329. The molecular formula is C19H19ClN2OS. The van der Waals surface area contributed by atoms with Crippen molar-refractivity contribution in [3.8, 4) is 11.8 Å². The van der Waals surface area contributed by atoms with Gasteiger partial charge in [-0.2, -0.15) is 5.26 Å². The van der Waals surface area contributed by atoms with E-state index in [4.69, 9.17) is 27.3 Å². The Bertz CT molecular complexity index is 851. The summed E-state index contributed by atoms with van der Waals surface area (Å²) in [7, 11) is 0. The van der Waals surface area contributed by atoms with Crippen LogP contribution in [0.2, 0.25) is 5.02 Å². The second-order valence-corrected chi connectivity index (χ2v) is 7.09. The first kappa shape index (κ1) is 18.3. The van der Waals surface area contributed by atoms with Gasteiger partial charge in [0.1, 0.15) is 12.4 Å².